The van der Waals surface area contributed by atoms with Crippen LogP contribution in [0.2, 0.25) is 10.0 Å². The average molecular weight is 394 g/mol. The Hall–Kier alpha value is -1.95. The number of nitrogens with zero attached hydrogens (tertiary/aromatic N) is 1. The molecule has 0 saturated carbocycles. The summed E-state index contributed by atoms with van der Waals surface area (Å²) in [4.78, 5) is 14.7. The number of hydrogen-bond donors (Lipinski definition) is 2. The lowest BCUT2D eigenvalue weighted by Gasteiger charge is -2.30. The van der Waals surface area contributed by atoms with Gasteiger partial charge >= 0.3 is 6.03 Å². The van der Waals surface area contributed by atoms with Crippen molar-refractivity contribution >= 4 is 40.6 Å². The van der Waals surface area contributed by atoms with Crippen LogP contribution >= 0.6 is 23.2 Å². The molecule has 1 atom stereocenters. The summed E-state index contributed by atoms with van der Waals surface area (Å²) in [5, 5.41) is 7.05. The Kier molecular flexibility index (Phi) is 6.25. The van der Waals surface area contributed by atoms with Crippen LogP contribution in [0.4, 0.5) is 16.2 Å². The van der Waals surface area contributed by atoms with Gasteiger partial charge in [-0.15, -0.1) is 0 Å². The fraction of sp³-hybridized carbons (Fsp3) is 0.316. The van der Waals surface area contributed by atoms with Crippen LogP contribution in [-0.2, 0) is 4.74 Å². The molecule has 5 nitrogen and oxygen atoms in total. The summed E-state index contributed by atoms with van der Waals surface area (Å²) in [6.45, 7) is 4.79. The third-order valence-electron chi connectivity index (χ3n) is 4.25. The predicted molar refractivity (Wildman–Crippen MR) is 107 cm³/mol. The summed E-state index contributed by atoms with van der Waals surface area (Å²) in [6, 6.07) is 12.5. The molecule has 1 unspecified atom stereocenters. The van der Waals surface area contributed by atoms with Gasteiger partial charge in [0.15, 0.2) is 0 Å². The van der Waals surface area contributed by atoms with Crippen molar-refractivity contribution in [3.63, 3.8) is 0 Å². The van der Waals surface area contributed by atoms with Crippen molar-refractivity contribution in [3.05, 3.63) is 58.1 Å². The van der Waals surface area contributed by atoms with Gasteiger partial charge in [0.1, 0.15) is 0 Å². The van der Waals surface area contributed by atoms with E-state index < -0.39 is 0 Å². The molecule has 0 bridgehead atoms. The summed E-state index contributed by atoms with van der Waals surface area (Å²) in [5.41, 5.74) is 2.55. The first-order chi connectivity index (χ1) is 12.5. The average Bonchev–Trinajstić information content (AvgIpc) is 2.62. The van der Waals surface area contributed by atoms with Gasteiger partial charge in [-0.1, -0.05) is 35.3 Å². The van der Waals surface area contributed by atoms with Crippen molar-refractivity contribution in [2.45, 2.75) is 13.0 Å². The van der Waals surface area contributed by atoms with Gasteiger partial charge in [0, 0.05) is 23.1 Å². The third kappa shape index (κ3) is 4.81. The topological polar surface area (TPSA) is 53.6 Å². The molecule has 26 heavy (non-hydrogen) atoms. The first kappa shape index (κ1) is 18.8. The van der Waals surface area contributed by atoms with Crippen molar-refractivity contribution < 1.29 is 9.53 Å². The second-order valence-corrected chi connectivity index (χ2v) is 7.01. The molecule has 2 aromatic rings. The zero-order chi connectivity index (χ0) is 18.5. The molecule has 0 radical (unpaired) electrons. The van der Waals surface area contributed by atoms with Crippen molar-refractivity contribution in [2.24, 2.45) is 0 Å². The van der Waals surface area contributed by atoms with Crippen LogP contribution in [0.3, 0.4) is 0 Å². The molecule has 2 amide bonds. The number of nitrogens with one attached hydrogen (secondary N) is 2. The molecule has 2 N–H and O–H groups in total. The number of carbonyl (C=O) groups is 1. The van der Waals surface area contributed by atoms with Crippen LogP contribution in [0.25, 0.3) is 0 Å². The number of amides is 2. The zero-order valence-corrected chi connectivity index (χ0v) is 16.0. The summed E-state index contributed by atoms with van der Waals surface area (Å²) < 4.78 is 5.40. The van der Waals surface area contributed by atoms with Crippen LogP contribution in [0.1, 0.15) is 18.5 Å². The molecule has 1 aliphatic heterocycles. The number of ether oxygens (including phenoxy) is 1. The van der Waals surface area contributed by atoms with E-state index >= 15 is 0 Å². The number of morpholine rings is 1. The highest BCUT2D eigenvalue weighted by Crippen LogP contribution is 2.30. The van der Waals surface area contributed by atoms with Gasteiger partial charge < -0.3 is 20.3 Å². The van der Waals surface area contributed by atoms with E-state index in [9.17, 15) is 4.79 Å². The van der Waals surface area contributed by atoms with Crippen LogP contribution in [0, 0.1) is 0 Å². The van der Waals surface area contributed by atoms with E-state index in [1.807, 2.05) is 37.3 Å². The number of anilines is 2. The molecular formula is C19H21Cl2N3O2. The number of benzene rings is 2. The van der Waals surface area contributed by atoms with Gasteiger partial charge in [0.2, 0.25) is 0 Å². The van der Waals surface area contributed by atoms with E-state index in [1.54, 1.807) is 12.1 Å². The van der Waals surface area contributed by atoms with Crippen LogP contribution in [0.15, 0.2) is 42.5 Å². The Morgan fingerprint density at radius 2 is 1.85 bits per heavy atom. The molecule has 7 heteroatoms. The van der Waals surface area contributed by atoms with Crippen LogP contribution in [0.5, 0.6) is 0 Å². The van der Waals surface area contributed by atoms with Gasteiger partial charge in [-0.3, -0.25) is 0 Å². The normalized spacial score (nSPS) is 15.4. The van der Waals surface area contributed by atoms with Crippen molar-refractivity contribution in [1.29, 1.82) is 0 Å². The fourth-order valence-electron chi connectivity index (χ4n) is 2.90. The van der Waals surface area contributed by atoms with Crippen molar-refractivity contribution in [2.75, 3.05) is 36.5 Å². The Balaban J connectivity index is 1.71. The van der Waals surface area contributed by atoms with E-state index in [1.165, 1.54) is 0 Å². The summed E-state index contributed by atoms with van der Waals surface area (Å²) in [5.74, 6) is 0. The SMILES string of the molecule is CC(NC(=O)Nc1cc(Cl)ccc1N1CCOCC1)c1cccc(Cl)c1. The third-order valence-corrected chi connectivity index (χ3v) is 4.73. The van der Waals surface area contributed by atoms with E-state index in [2.05, 4.69) is 15.5 Å². The summed E-state index contributed by atoms with van der Waals surface area (Å²) in [6.07, 6.45) is 0. The molecule has 1 saturated heterocycles. The number of carbonyl (C=O) groups excluding carboxylic acids is 1. The first-order valence-electron chi connectivity index (χ1n) is 8.48. The second-order valence-electron chi connectivity index (χ2n) is 6.14. The van der Waals surface area contributed by atoms with E-state index in [0.29, 0.717) is 28.9 Å². The molecule has 0 spiro atoms. The Morgan fingerprint density at radius 3 is 2.58 bits per heavy atom. The smallest absolute Gasteiger partial charge is 0.319 e. The molecule has 2 aromatic carbocycles. The van der Waals surface area contributed by atoms with E-state index in [0.717, 1.165) is 24.3 Å². The molecule has 1 fully saturated rings. The zero-order valence-electron chi connectivity index (χ0n) is 14.5. The number of urea groups is 1. The van der Waals surface area contributed by atoms with Gasteiger partial charge in [0.05, 0.1) is 30.6 Å². The quantitative estimate of drug-likeness (QED) is 0.790. The van der Waals surface area contributed by atoms with E-state index in [4.69, 9.17) is 27.9 Å². The standard InChI is InChI=1S/C19H21Cl2N3O2/c1-13(14-3-2-4-15(20)11-14)22-19(25)23-17-12-16(21)5-6-18(17)24-7-9-26-10-8-24/h2-6,11-13H,7-10H2,1H3,(H2,22,23,25). The number of halogens is 2. The molecule has 1 heterocycles. The molecular weight excluding hydrogens is 373 g/mol. The monoisotopic (exact) mass is 393 g/mol. The molecule has 138 valence electrons. The van der Waals surface area contributed by atoms with Crippen LogP contribution in [-0.4, -0.2) is 32.3 Å². The maximum atomic E-state index is 12.5. The van der Waals surface area contributed by atoms with Gasteiger partial charge in [-0.2, -0.15) is 0 Å². The van der Waals surface area contributed by atoms with Crippen LogP contribution < -0.4 is 15.5 Å². The minimum Gasteiger partial charge on any atom is -0.378 e. The lowest BCUT2D eigenvalue weighted by Crippen LogP contribution is -2.37. The first-order valence-corrected chi connectivity index (χ1v) is 9.24. The highest BCUT2D eigenvalue weighted by Gasteiger charge is 2.17. The lowest BCUT2D eigenvalue weighted by atomic mass is 10.1. The minimum absolute atomic E-state index is 0.181. The largest absolute Gasteiger partial charge is 0.378 e. The predicted octanol–water partition coefficient (Wildman–Crippen LogP) is 4.71. The highest BCUT2D eigenvalue weighted by molar-refractivity contribution is 6.31. The Morgan fingerprint density at radius 1 is 1.12 bits per heavy atom. The molecule has 0 aliphatic carbocycles. The van der Waals surface area contributed by atoms with Crippen molar-refractivity contribution in [1.82, 2.24) is 5.32 Å². The van der Waals surface area contributed by atoms with Gasteiger partial charge in [-0.25, -0.2) is 4.79 Å². The van der Waals surface area contributed by atoms with Gasteiger partial charge in [-0.05, 0) is 42.8 Å². The lowest BCUT2D eigenvalue weighted by molar-refractivity contribution is 0.123. The highest BCUT2D eigenvalue weighted by atomic mass is 35.5. The second kappa shape index (κ2) is 8.62. The Bertz CT molecular complexity index is 779. The van der Waals surface area contributed by atoms with E-state index in [-0.39, 0.29) is 12.1 Å². The minimum atomic E-state index is -0.297. The summed E-state index contributed by atoms with van der Waals surface area (Å²) >= 11 is 12.1. The van der Waals surface area contributed by atoms with Crippen molar-refractivity contribution in [3.8, 4) is 0 Å². The molecule has 0 aromatic heterocycles. The maximum Gasteiger partial charge on any atom is 0.319 e. The molecule has 3 rings (SSSR count). The summed E-state index contributed by atoms with van der Waals surface area (Å²) in [7, 11) is 0. The maximum absolute atomic E-state index is 12.5. The number of rotatable bonds is 4. The fourth-order valence-corrected chi connectivity index (χ4v) is 3.27. The van der Waals surface area contributed by atoms with Gasteiger partial charge in [0.25, 0.3) is 0 Å². The number of hydrogen-bond acceptors (Lipinski definition) is 3. The Labute approximate surface area is 163 Å². The molecule has 1 aliphatic rings.